The predicted octanol–water partition coefficient (Wildman–Crippen LogP) is 3.77. The van der Waals surface area contributed by atoms with Crippen molar-refractivity contribution in [3.63, 3.8) is 0 Å². The summed E-state index contributed by atoms with van der Waals surface area (Å²) < 4.78 is 58.4. The fourth-order valence-corrected chi connectivity index (χ4v) is 5.59. The number of hydrogen-bond acceptors (Lipinski definition) is 5. The summed E-state index contributed by atoms with van der Waals surface area (Å²) in [5.41, 5.74) is -1.03. The third kappa shape index (κ3) is 2.15. The van der Waals surface area contributed by atoms with Crippen molar-refractivity contribution < 1.29 is 37.2 Å². The molecule has 25 heavy (non-hydrogen) atoms. The molecule has 1 unspecified atom stereocenters. The highest BCUT2D eigenvalue weighted by Gasteiger charge is 2.77. The first kappa shape index (κ1) is 18.0. The van der Waals surface area contributed by atoms with Gasteiger partial charge in [-0.2, -0.15) is 13.2 Å². The minimum Gasteiger partial charge on any atom is -0.346 e. The van der Waals surface area contributed by atoms with Crippen LogP contribution in [-0.4, -0.2) is 36.8 Å². The zero-order chi connectivity index (χ0) is 18.3. The lowest BCUT2D eigenvalue weighted by Gasteiger charge is -2.62. The van der Waals surface area contributed by atoms with E-state index in [0.717, 1.165) is 20.0 Å². The Morgan fingerprint density at radius 1 is 1.00 bits per heavy atom. The van der Waals surface area contributed by atoms with Crippen molar-refractivity contribution >= 4 is 0 Å². The molecule has 5 fully saturated rings. The molecule has 4 saturated heterocycles. The van der Waals surface area contributed by atoms with Gasteiger partial charge < -0.3 is 14.2 Å². The van der Waals surface area contributed by atoms with Gasteiger partial charge in [0.15, 0.2) is 11.9 Å². The van der Waals surface area contributed by atoms with E-state index in [9.17, 15) is 13.2 Å². The van der Waals surface area contributed by atoms with Crippen molar-refractivity contribution in [3.8, 4) is 0 Å². The van der Waals surface area contributed by atoms with E-state index >= 15 is 0 Å². The Balaban J connectivity index is 1.85. The van der Waals surface area contributed by atoms with Gasteiger partial charge in [0, 0.05) is 25.4 Å². The summed E-state index contributed by atoms with van der Waals surface area (Å²) >= 11 is 0. The molecule has 8 atom stereocenters. The molecular formula is C17H25F3O5. The lowest BCUT2D eigenvalue weighted by molar-refractivity contribution is -0.597. The van der Waals surface area contributed by atoms with Crippen LogP contribution in [0.4, 0.5) is 13.2 Å². The van der Waals surface area contributed by atoms with E-state index in [1.165, 1.54) is 6.92 Å². The summed E-state index contributed by atoms with van der Waals surface area (Å²) in [5.74, 6) is -4.88. The Morgan fingerprint density at radius 2 is 1.72 bits per heavy atom. The van der Waals surface area contributed by atoms with Crippen LogP contribution in [0.1, 0.15) is 46.5 Å². The second kappa shape index (κ2) is 5.32. The van der Waals surface area contributed by atoms with Crippen LogP contribution in [0.25, 0.3) is 0 Å². The van der Waals surface area contributed by atoms with Gasteiger partial charge in [0.2, 0.25) is 5.79 Å². The maximum Gasteiger partial charge on any atom is 0.443 e. The third-order valence-corrected chi connectivity index (χ3v) is 6.96. The summed E-state index contributed by atoms with van der Waals surface area (Å²) in [6, 6.07) is 0. The molecule has 0 N–H and O–H groups in total. The smallest absolute Gasteiger partial charge is 0.346 e. The number of hydrogen-bond donors (Lipinski definition) is 0. The molecule has 0 amide bonds. The fraction of sp³-hybridized carbons (Fsp3) is 1.00. The van der Waals surface area contributed by atoms with Crippen LogP contribution in [-0.2, 0) is 24.0 Å². The van der Waals surface area contributed by atoms with E-state index in [4.69, 9.17) is 24.0 Å². The summed E-state index contributed by atoms with van der Waals surface area (Å²) in [4.78, 5) is 11.4. The topological polar surface area (TPSA) is 46.2 Å². The summed E-state index contributed by atoms with van der Waals surface area (Å²) in [5, 5.41) is 0. The molecule has 5 rings (SSSR count). The Bertz CT molecular complexity index is 557. The van der Waals surface area contributed by atoms with Gasteiger partial charge in [0.1, 0.15) is 0 Å². The van der Waals surface area contributed by atoms with Crippen molar-refractivity contribution in [1.82, 2.24) is 0 Å². The standard InChI is InChI=1S/C17H25F3O5/c1-9-5-6-12-10(2)16(21-4,17(18,19)20)23-13-15(12)11(9)7-8-14(3,22-13)24-25-15/h9-13H,5-8H2,1-4H3/t9-,10-,11+,12+,13+,14+,15?,16-/m1/s1. The summed E-state index contributed by atoms with van der Waals surface area (Å²) in [6.07, 6.45) is -3.11. The van der Waals surface area contributed by atoms with E-state index in [0.29, 0.717) is 18.8 Å². The first-order chi connectivity index (χ1) is 11.6. The molecule has 5 nitrogen and oxygen atoms in total. The van der Waals surface area contributed by atoms with E-state index in [1.807, 2.05) is 0 Å². The SMILES string of the molecule is CO[C@@]1(C(F)(F)F)O[C@@H]2O[C@]3(C)CC[C@H]4[C@H](C)CC[C@@H]([C@H]1C)C24OO3. The molecule has 0 aromatic heterocycles. The Hall–Kier alpha value is -0.410. The average Bonchev–Trinajstić information content (AvgIpc) is 2.76. The molecule has 4 heterocycles. The fourth-order valence-electron chi connectivity index (χ4n) is 5.59. The zero-order valence-electron chi connectivity index (χ0n) is 14.9. The Morgan fingerprint density at radius 3 is 2.36 bits per heavy atom. The summed E-state index contributed by atoms with van der Waals surface area (Å²) in [7, 11) is 1.04. The lowest BCUT2D eigenvalue weighted by atomic mass is 9.57. The third-order valence-electron chi connectivity index (χ3n) is 6.96. The molecule has 0 aromatic rings. The predicted molar refractivity (Wildman–Crippen MR) is 78.8 cm³/mol. The van der Waals surface area contributed by atoms with Crippen LogP contribution in [0, 0.1) is 23.7 Å². The molecule has 1 saturated carbocycles. The second-order valence-electron chi connectivity index (χ2n) is 8.19. The molecule has 5 aliphatic rings. The highest BCUT2D eigenvalue weighted by molar-refractivity contribution is 5.12. The number of fused-ring (bicyclic) bond motifs is 2. The highest BCUT2D eigenvalue weighted by atomic mass is 19.4. The van der Waals surface area contributed by atoms with E-state index < -0.39 is 41.5 Å². The largest absolute Gasteiger partial charge is 0.443 e. The van der Waals surface area contributed by atoms with Crippen molar-refractivity contribution in [3.05, 3.63) is 0 Å². The quantitative estimate of drug-likeness (QED) is 0.661. The van der Waals surface area contributed by atoms with Gasteiger partial charge in [0.25, 0.3) is 5.79 Å². The van der Waals surface area contributed by atoms with Crippen LogP contribution >= 0.6 is 0 Å². The Kier molecular flexibility index (Phi) is 3.82. The lowest BCUT2D eigenvalue weighted by Crippen LogP contribution is -2.75. The monoisotopic (exact) mass is 366 g/mol. The van der Waals surface area contributed by atoms with Crippen LogP contribution in [0.15, 0.2) is 0 Å². The Labute approximate surface area is 145 Å². The maximum atomic E-state index is 14.0. The minimum atomic E-state index is -4.68. The number of rotatable bonds is 1. The van der Waals surface area contributed by atoms with Crippen LogP contribution < -0.4 is 0 Å². The van der Waals surface area contributed by atoms with Gasteiger partial charge in [-0.15, -0.1) is 0 Å². The first-order valence-corrected chi connectivity index (χ1v) is 8.94. The molecule has 144 valence electrons. The maximum absolute atomic E-state index is 14.0. The van der Waals surface area contributed by atoms with Gasteiger partial charge >= 0.3 is 6.18 Å². The van der Waals surface area contributed by atoms with Gasteiger partial charge in [-0.3, -0.25) is 0 Å². The van der Waals surface area contributed by atoms with E-state index in [1.54, 1.807) is 6.92 Å². The van der Waals surface area contributed by atoms with Crippen LogP contribution in [0.3, 0.4) is 0 Å². The second-order valence-corrected chi connectivity index (χ2v) is 8.19. The van der Waals surface area contributed by atoms with Crippen molar-refractivity contribution in [2.24, 2.45) is 23.7 Å². The number of alkyl halides is 3. The van der Waals surface area contributed by atoms with Crippen molar-refractivity contribution in [2.45, 2.75) is 76.1 Å². The zero-order valence-corrected chi connectivity index (χ0v) is 14.9. The number of ether oxygens (including phenoxy) is 3. The van der Waals surface area contributed by atoms with Crippen molar-refractivity contribution in [2.75, 3.05) is 7.11 Å². The van der Waals surface area contributed by atoms with E-state index in [2.05, 4.69) is 6.92 Å². The van der Waals surface area contributed by atoms with Gasteiger partial charge in [-0.25, -0.2) is 9.78 Å². The molecule has 0 aromatic carbocycles. The van der Waals surface area contributed by atoms with Gasteiger partial charge in [0.05, 0.1) is 0 Å². The number of halogens is 3. The average molecular weight is 366 g/mol. The van der Waals surface area contributed by atoms with Gasteiger partial charge in [-0.05, 0) is 38.0 Å². The first-order valence-electron chi connectivity index (χ1n) is 8.94. The molecule has 2 bridgehead atoms. The highest BCUT2D eigenvalue weighted by Crippen LogP contribution is 2.64. The molecule has 1 spiro atoms. The van der Waals surface area contributed by atoms with Crippen LogP contribution in [0.5, 0.6) is 0 Å². The molecular weight excluding hydrogens is 341 g/mol. The molecule has 4 aliphatic heterocycles. The molecule has 1 aliphatic carbocycles. The van der Waals surface area contributed by atoms with E-state index in [-0.39, 0.29) is 5.92 Å². The van der Waals surface area contributed by atoms with Crippen molar-refractivity contribution in [1.29, 1.82) is 0 Å². The summed E-state index contributed by atoms with van der Waals surface area (Å²) in [6.45, 7) is 5.33. The molecule has 0 radical (unpaired) electrons. The normalized spacial score (nSPS) is 55.6. The minimum absolute atomic E-state index is 0.0196. The number of methoxy groups -OCH3 is 1. The van der Waals surface area contributed by atoms with Gasteiger partial charge in [-0.1, -0.05) is 13.8 Å². The molecule has 8 heteroatoms. The van der Waals surface area contributed by atoms with Crippen LogP contribution in [0.2, 0.25) is 0 Å².